The fraction of sp³-hybridized carbons (Fsp3) is 0.350. The number of anilines is 1. The maximum absolute atomic E-state index is 12.2. The van der Waals surface area contributed by atoms with E-state index >= 15 is 0 Å². The molecular weight excluding hydrogens is 420 g/mol. The van der Waals surface area contributed by atoms with Crippen LogP contribution in [-0.4, -0.2) is 53.2 Å². The lowest BCUT2D eigenvalue weighted by molar-refractivity contribution is -0.121. The van der Waals surface area contributed by atoms with Gasteiger partial charge in [-0.2, -0.15) is 4.98 Å². The summed E-state index contributed by atoms with van der Waals surface area (Å²) in [7, 11) is 0. The maximum Gasteiger partial charge on any atom is 0.289 e. The second kappa shape index (κ2) is 10.1. The smallest absolute Gasteiger partial charge is 0.289 e. The zero-order valence-electron chi connectivity index (χ0n) is 16.7. The summed E-state index contributed by atoms with van der Waals surface area (Å²) in [4.78, 5) is 35.0. The molecule has 0 saturated carbocycles. The van der Waals surface area contributed by atoms with E-state index in [1.165, 1.54) is 11.3 Å². The number of nitrogens with one attached hydrogen (secondary N) is 2. The van der Waals surface area contributed by atoms with Crippen LogP contribution in [0.5, 0.6) is 0 Å². The first-order valence-electron chi connectivity index (χ1n) is 9.94. The van der Waals surface area contributed by atoms with Crippen molar-refractivity contribution < 1.29 is 18.8 Å². The number of carbonyl (C=O) groups excluding carboxylic acids is 2. The molecule has 1 saturated heterocycles. The van der Waals surface area contributed by atoms with Gasteiger partial charge in [0.15, 0.2) is 5.13 Å². The van der Waals surface area contributed by atoms with Crippen molar-refractivity contribution in [2.75, 3.05) is 31.2 Å². The van der Waals surface area contributed by atoms with E-state index in [2.05, 4.69) is 30.9 Å². The zero-order chi connectivity index (χ0) is 21.5. The van der Waals surface area contributed by atoms with Gasteiger partial charge < -0.3 is 14.2 Å². The fourth-order valence-electron chi connectivity index (χ4n) is 2.98. The lowest BCUT2D eigenvalue weighted by atomic mass is 10.2. The predicted octanol–water partition coefficient (Wildman–Crippen LogP) is 1.81. The van der Waals surface area contributed by atoms with Crippen molar-refractivity contribution in [3.05, 3.63) is 47.3 Å². The van der Waals surface area contributed by atoms with Crippen molar-refractivity contribution in [2.45, 2.75) is 19.3 Å². The molecule has 0 unspecified atom stereocenters. The molecule has 0 atom stereocenters. The zero-order valence-corrected chi connectivity index (χ0v) is 17.6. The van der Waals surface area contributed by atoms with E-state index in [4.69, 9.17) is 9.26 Å². The Morgan fingerprint density at radius 1 is 1.10 bits per heavy atom. The Morgan fingerprint density at radius 2 is 1.90 bits per heavy atom. The Hall–Kier alpha value is -3.31. The number of amides is 2. The van der Waals surface area contributed by atoms with E-state index in [-0.39, 0.29) is 18.0 Å². The highest BCUT2D eigenvalue weighted by Crippen LogP contribution is 2.21. The quantitative estimate of drug-likeness (QED) is 0.531. The molecular formula is C20H22N6O4S. The summed E-state index contributed by atoms with van der Waals surface area (Å²) in [5, 5.41) is 6.40. The molecule has 2 aromatic heterocycles. The lowest BCUT2D eigenvalue weighted by Crippen LogP contribution is -2.41. The van der Waals surface area contributed by atoms with E-state index in [0.29, 0.717) is 37.8 Å². The van der Waals surface area contributed by atoms with Gasteiger partial charge in [0.2, 0.25) is 17.6 Å². The molecule has 10 nitrogen and oxygen atoms in total. The van der Waals surface area contributed by atoms with E-state index in [1.54, 1.807) is 5.38 Å². The van der Waals surface area contributed by atoms with Crippen LogP contribution >= 0.6 is 11.3 Å². The van der Waals surface area contributed by atoms with Crippen LogP contribution in [0.4, 0.5) is 5.13 Å². The summed E-state index contributed by atoms with van der Waals surface area (Å²) < 4.78 is 10.5. The second-order valence-electron chi connectivity index (χ2n) is 6.85. The summed E-state index contributed by atoms with van der Waals surface area (Å²) in [5.74, 6) is 0.231. The molecule has 0 spiro atoms. The Kier molecular flexibility index (Phi) is 6.85. The highest BCUT2D eigenvalue weighted by Gasteiger charge is 2.18. The van der Waals surface area contributed by atoms with Crippen molar-refractivity contribution in [3.8, 4) is 11.4 Å². The number of benzene rings is 1. The summed E-state index contributed by atoms with van der Waals surface area (Å²) in [5.41, 5.74) is 5.95. The topological polar surface area (TPSA) is 122 Å². The lowest BCUT2D eigenvalue weighted by Gasteiger charge is -2.25. The number of aromatic nitrogens is 3. The summed E-state index contributed by atoms with van der Waals surface area (Å²) in [6, 6.07) is 9.52. The van der Waals surface area contributed by atoms with Crippen molar-refractivity contribution in [1.82, 2.24) is 26.0 Å². The Labute approximate surface area is 182 Å². The van der Waals surface area contributed by atoms with Gasteiger partial charge in [-0.25, -0.2) is 4.98 Å². The van der Waals surface area contributed by atoms with Crippen LogP contribution in [0, 0.1) is 0 Å². The first-order valence-corrected chi connectivity index (χ1v) is 10.8. The number of ether oxygens (including phenoxy) is 1. The highest BCUT2D eigenvalue weighted by molar-refractivity contribution is 7.13. The normalized spacial score (nSPS) is 13.7. The third-order valence-electron chi connectivity index (χ3n) is 4.62. The largest absolute Gasteiger partial charge is 0.378 e. The van der Waals surface area contributed by atoms with Gasteiger partial charge in [-0.3, -0.25) is 20.4 Å². The van der Waals surface area contributed by atoms with Gasteiger partial charge in [0.05, 0.1) is 13.2 Å². The van der Waals surface area contributed by atoms with Crippen molar-refractivity contribution >= 4 is 28.3 Å². The molecule has 0 aliphatic carbocycles. The molecule has 31 heavy (non-hydrogen) atoms. The Morgan fingerprint density at radius 3 is 2.71 bits per heavy atom. The predicted molar refractivity (Wildman–Crippen MR) is 113 cm³/mol. The average Bonchev–Trinajstić information content (AvgIpc) is 3.49. The van der Waals surface area contributed by atoms with E-state index < -0.39 is 5.91 Å². The van der Waals surface area contributed by atoms with Gasteiger partial charge in [-0.1, -0.05) is 35.5 Å². The summed E-state index contributed by atoms with van der Waals surface area (Å²) in [6.07, 6.45) is 1.19. The molecule has 1 aliphatic rings. The van der Waals surface area contributed by atoms with Gasteiger partial charge >= 0.3 is 0 Å². The SMILES string of the molecule is O=C(CCCc1nc(-c2ccccc2)no1)NNC(=O)c1csc(N2CCOCC2)n1. The third-order valence-corrected chi connectivity index (χ3v) is 5.52. The van der Waals surface area contributed by atoms with Crippen LogP contribution in [0.25, 0.3) is 11.4 Å². The standard InChI is InChI=1S/C20H22N6O4S/c27-16(7-4-8-17-22-18(25-30-17)14-5-2-1-3-6-14)23-24-19(28)15-13-31-20(21-15)26-9-11-29-12-10-26/h1-3,5-6,13H,4,7-12H2,(H,23,27)(H,24,28). The number of hydrazine groups is 1. The number of aryl methyl sites for hydroxylation is 1. The van der Waals surface area contributed by atoms with Crippen molar-refractivity contribution in [1.29, 1.82) is 0 Å². The minimum absolute atomic E-state index is 0.208. The average molecular weight is 443 g/mol. The number of hydrogen-bond donors (Lipinski definition) is 2. The van der Waals surface area contributed by atoms with Gasteiger partial charge in [0.25, 0.3) is 5.91 Å². The molecule has 162 valence electrons. The molecule has 3 aromatic rings. The van der Waals surface area contributed by atoms with Crippen molar-refractivity contribution in [3.63, 3.8) is 0 Å². The highest BCUT2D eigenvalue weighted by atomic mass is 32.1. The van der Waals surface area contributed by atoms with Crippen LogP contribution < -0.4 is 15.8 Å². The Balaban J connectivity index is 1.18. The van der Waals surface area contributed by atoms with Gasteiger partial charge in [-0.05, 0) is 6.42 Å². The first-order chi connectivity index (χ1) is 15.2. The molecule has 1 aromatic carbocycles. The summed E-state index contributed by atoms with van der Waals surface area (Å²) >= 11 is 1.39. The number of carbonyl (C=O) groups is 2. The number of nitrogens with zero attached hydrogens (tertiary/aromatic N) is 4. The maximum atomic E-state index is 12.2. The van der Waals surface area contributed by atoms with E-state index in [9.17, 15) is 9.59 Å². The Bertz CT molecular complexity index is 1020. The van der Waals surface area contributed by atoms with Crippen LogP contribution in [0.3, 0.4) is 0 Å². The van der Waals surface area contributed by atoms with Crippen LogP contribution in [0.2, 0.25) is 0 Å². The number of morpholine rings is 1. The third kappa shape index (κ3) is 5.64. The van der Waals surface area contributed by atoms with Gasteiger partial charge in [0.1, 0.15) is 5.69 Å². The molecule has 2 amide bonds. The van der Waals surface area contributed by atoms with E-state index in [1.807, 2.05) is 30.3 Å². The van der Waals surface area contributed by atoms with Crippen LogP contribution in [0.15, 0.2) is 40.2 Å². The van der Waals surface area contributed by atoms with Crippen LogP contribution in [-0.2, 0) is 16.0 Å². The molecule has 1 fully saturated rings. The number of rotatable bonds is 7. The van der Waals surface area contributed by atoms with E-state index in [0.717, 1.165) is 23.8 Å². The first kappa shape index (κ1) is 20.9. The van der Waals surface area contributed by atoms with Gasteiger partial charge in [0, 0.05) is 36.9 Å². The molecule has 4 rings (SSSR count). The number of hydrogen-bond acceptors (Lipinski definition) is 9. The minimum Gasteiger partial charge on any atom is -0.378 e. The molecule has 3 heterocycles. The minimum atomic E-state index is -0.450. The van der Waals surface area contributed by atoms with Crippen molar-refractivity contribution in [2.24, 2.45) is 0 Å². The molecule has 11 heteroatoms. The summed E-state index contributed by atoms with van der Waals surface area (Å²) in [6.45, 7) is 2.79. The molecule has 0 radical (unpaired) electrons. The van der Waals surface area contributed by atoms with Crippen LogP contribution in [0.1, 0.15) is 29.2 Å². The molecule has 2 N–H and O–H groups in total. The molecule has 0 bridgehead atoms. The molecule has 1 aliphatic heterocycles. The second-order valence-corrected chi connectivity index (χ2v) is 7.68. The number of thiazole rings is 1. The fourth-order valence-corrected chi connectivity index (χ4v) is 3.84. The monoisotopic (exact) mass is 442 g/mol. The van der Waals surface area contributed by atoms with Gasteiger partial charge in [-0.15, -0.1) is 11.3 Å².